The molecule has 12 nitrogen and oxygen atoms in total. The van der Waals surface area contributed by atoms with E-state index in [1.54, 1.807) is 61.2 Å². The Kier molecular flexibility index (Phi) is 5.85. The van der Waals surface area contributed by atoms with Gasteiger partial charge in [-0.25, -0.2) is 23.7 Å². The van der Waals surface area contributed by atoms with Gasteiger partial charge in [-0.1, -0.05) is 29.8 Å². The van der Waals surface area contributed by atoms with Crippen LogP contribution in [0.5, 0.6) is 0 Å². The molecule has 0 aliphatic carbocycles. The molecule has 0 unspecified atom stereocenters. The minimum absolute atomic E-state index is 0.178. The highest BCUT2D eigenvalue weighted by Gasteiger charge is 2.26. The molecule has 0 saturated carbocycles. The molecule has 0 bridgehead atoms. The van der Waals surface area contributed by atoms with Crippen molar-refractivity contribution in [1.29, 1.82) is 0 Å². The molecule has 0 aliphatic rings. The van der Waals surface area contributed by atoms with Gasteiger partial charge < -0.3 is 15.0 Å². The average Bonchev–Trinajstić information content (AvgIpc) is 3.55. The third kappa shape index (κ3) is 4.10. The minimum atomic E-state index is -0.778. The molecular weight excluding hydrogens is 548 g/mol. The Morgan fingerprint density at radius 3 is 2.44 bits per heavy atom. The SMILES string of the molecule is Cn1c(-n2c(N)nc3ccccc32)nc2c1c(=O)n(Cc1cc3c(Cl)cccc3n1C(=O)OC(C)(C)C)c(=O)n2C. The molecule has 2 N–H and O–H groups in total. The summed E-state index contributed by atoms with van der Waals surface area (Å²) in [6.07, 6.45) is -0.652. The predicted molar refractivity (Wildman–Crippen MR) is 157 cm³/mol. The molecule has 6 rings (SSSR count). The number of para-hydroxylation sites is 2. The second kappa shape index (κ2) is 9.10. The van der Waals surface area contributed by atoms with E-state index in [4.69, 9.17) is 22.1 Å². The van der Waals surface area contributed by atoms with Gasteiger partial charge in [-0.15, -0.1) is 0 Å². The lowest BCUT2D eigenvalue weighted by molar-refractivity contribution is 0.0540. The zero-order valence-electron chi connectivity index (χ0n) is 23.0. The van der Waals surface area contributed by atoms with Crippen molar-refractivity contribution < 1.29 is 9.53 Å². The third-order valence-corrected chi connectivity index (χ3v) is 7.22. The molecule has 210 valence electrons. The number of ether oxygens (including phenoxy) is 1. The number of rotatable bonds is 3. The fourth-order valence-electron chi connectivity index (χ4n) is 5.08. The van der Waals surface area contributed by atoms with E-state index in [9.17, 15) is 14.4 Å². The van der Waals surface area contributed by atoms with Gasteiger partial charge in [0.2, 0.25) is 11.9 Å². The second-order valence-corrected chi connectivity index (χ2v) is 11.2. The van der Waals surface area contributed by atoms with Crippen LogP contribution in [0.4, 0.5) is 10.7 Å². The Balaban J connectivity index is 1.57. The number of benzene rings is 2. The molecule has 41 heavy (non-hydrogen) atoms. The smallest absolute Gasteiger partial charge is 0.419 e. The summed E-state index contributed by atoms with van der Waals surface area (Å²) in [5.74, 6) is 0.513. The molecule has 0 saturated heterocycles. The second-order valence-electron chi connectivity index (χ2n) is 10.8. The van der Waals surface area contributed by atoms with E-state index in [-0.39, 0.29) is 23.7 Å². The number of aryl methyl sites for hydroxylation is 2. The molecule has 0 fully saturated rings. The quantitative estimate of drug-likeness (QED) is 0.339. The number of halogens is 1. The molecule has 0 amide bonds. The zero-order chi connectivity index (χ0) is 29.4. The Morgan fingerprint density at radius 1 is 1.00 bits per heavy atom. The van der Waals surface area contributed by atoms with Gasteiger partial charge in [0.25, 0.3) is 5.56 Å². The summed E-state index contributed by atoms with van der Waals surface area (Å²) in [5.41, 5.74) is 6.85. The van der Waals surface area contributed by atoms with Crippen LogP contribution in [-0.2, 0) is 25.4 Å². The van der Waals surface area contributed by atoms with Crippen LogP contribution in [-0.4, -0.2) is 44.5 Å². The van der Waals surface area contributed by atoms with Crippen molar-refractivity contribution in [3.8, 4) is 5.95 Å². The maximum atomic E-state index is 13.9. The summed E-state index contributed by atoms with van der Waals surface area (Å²) in [7, 11) is 3.21. The number of hydrogen-bond donors (Lipinski definition) is 1. The van der Waals surface area contributed by atoms with Crippen LogP contribution >= 0.6 is 11.6 Å². The highest BCUT2D eigenvalue weighted by atomic mass is 35.5. The summed E-state index contributed by atoms with van der Waals surface area (Å²) >= 11 is 6.45. The zero-order valence-corrected chi connectivity index (χ0v) is 23.8. The van der Waals surface area contributed by atoms with E-state index in [0.717, 1.165) is 4.57 Å². The van der Waals surface area contributed by atoms with Gasteiger partial charge in [0.1, 0.15) is 5.60 Å². The first kappa shape index (κ1) is 26.4. The van der Waals surface area contributed by atoms with Crippen LogP contribution in [0.3, 0.4) is 0 Å². The molecule has 2 aromatic carbocycles. The van der Waals surface area contributed by atoms with Crippen molar-refractivity contribution in [3.63, 3.8) is 0 Å². The summed E-state index contributed by atoms with van der Waals surface area (Å²) in [4.78, 5) is 49.8. The number of carbonyl (C=O) groups is 1. The molecule has 13 heteroatoms. The van der Waals surface area contributed by atoms with Crippen molar-refractivity contribution in [3.05, 3.63) is 80.1 Å². The largest absolute Gasteiger partial charge is 0.443 e. The van der Waals surface area contributed by atoms with Crippen LogP contribution in [0.2, 0.25) is 5.02 Å². The van der Waals surface area contributed by atoms with Crippen molar-refractivity contribution in [1.82, 2.24) is 32.8 Å². The van der Waals surface area contributed by atoms with Crippen molar-refractivity contribution in [2.45, 2.75) is 32.9 Å². The van der Waals surface area contributed by atoms with Crippen LogP contribution in [0.25, 0.3) is 39.0 Å². The van der Waals surface area contributed by atoms with Gasteiger partial charge in [-0.3, -0.25) is 13.9 Å². The lowest BCUT2D eigenvalue weighted by Crippen LogP contribution is -2.40. The van der Waals surface area contributed by atoms with Crippen LogP contribution < -0.4 is 17.0 Å². The fourth-order valence-corrected chi connectivity index (χ4v) is 5.30. The van der Waals surface area contributed by atoms with E-state index in [2.05, 4.69) is 9.97 Å². The summed E-state index contributed by atoms with van der Waals surface area (Å²) in [6.45, 7) is 5.05. The van der Waals surface area contributed by atoms with E-state index in [1.807, 2.05) is 24.3 Å². The third-order valence-electron chi connectivity index (χ3n) is 6.89. The minimum Gasteiger partial charge on any atom is -0.443 e. The lowest BCUT2D eigenvalue weighted by Gasteiger charge is -2.21. The number of fused-ring (bicyclic) bond motifs is 3. The summed E-state index contributed by atoms with van der Waals surface area (Å²) in [6, 6.07) is 14.2. The maximum Gasteiger partial charge on any atom is 0.419 e. The molecule has 0 spiro atoms. The monoisotopic (exact) mass is 574 g/mol. The fraction of sp³-hybridized carbons (Fsp3) is 0.250. The number of aromatic nitrogens is 7. The molecule has 4 aromatic heterocycles. The number of nitrogen functional groups attached to an aromatic ring is 1. The molecular formula is C28H27ClN8O4. The van der Waals surface area contributed by atoms with Gasteiger partial charge in [0.15, 0.2) is 11.2 Å². The number of nitrogens with two attached hydrogens (primary N) is 1. The average molecular weight is 575 g/mol. The number of carbonyl (C=O) groups excluding carboxylic acids is 1. The van der Waals surface area contributed by atoms with E-state index in [0.29, 0.717) is 38.6 Å². The number of imidazole rings is 2. The summed E-state index contributed by atoms with van der Waals surface area (Å²) in [5, 5.41) is 1.01. The Labute approximate surface area is 237 Å². The van der Waals surface area contributed by atoms with Gasteiger partial charge >= 0.3 is 11.8 Å². The van der Waals surface area contributed by atoms with Crippen LogP contribution in [0.1, 0.15) is 26.5 Å². The first-order valence-corrected chi connectivity index (χ1v) is 13.2. The molecule has 4 heterocycles. The normalized spacial score (nSPS) is 12.1. The maximum absolute atomic E-state index is 13.9. The van der Waals surface area contributed by atoms with Crippen LogP contribution in [0, 0.1) is 0 Å². The first-order chi connectivity index (χ1) is 19.4. The first-order valence-electron chi connectivity index (χ1n) is 12.8. The summed E-state index contributed by atoms with van der Waals surface area (Å²) < 4.78 is 12.6. The van der Waals surface area contributed by atoms with Gasteiger partial charge in [0, 0.05) is 24.5 Å². The highest BCUT2D eigenvalue weighted by Crippen LogP contribution is 2.29. The van der Waals surface area contributed by atoms with E-state index >= 15 is 0 Å². The van der Waals surface area contributed by atoms with Crippen LogP contribution in [0.15, 0.2) is 58.1 Å². The molecule has 0 atom stereocenters. The molecule has 0 aliphatic heterocycles. The Morgan fingerprint density at radius 2 is 1.71 bits per heavy atom. The molecule has 0 radical (unpaired) electrons. The molecule has 6 aromatic rings. The standard InChI is InChI=1S/C28H27ClN8O4/c1-28(2,3)41-27(40)36-15(13-16-17(29)9-8-12-19(16)36)14-35-23(38)21-22(34(5)26(35)39)32-25(33(21)4)37-20-11-7-6-10-18(20)31-24(37)30/h6-13H,14H2,1-5H3,(H2,30,31). The van der Waals surface area contributed by atoms with Gasteiger partial charge in [-0.2, -0.15) is 4.98 Å². The Hall–Kier alpha value is -4.84. The van der Waals surface area contributed by atoms with Crippen molar-refractivity contribution >= 4 is 56.7 Å². The van der Waals surface area contributed by atoms with Crippen molar-refractivity contribution in [2.75, 3.05) is 5.73 Å². The topological polar surface area (TPSA) is 137 Å². The van der Waals surface area contributed by atoms with E-state index < -0.39 is 22.9 Å². The van der Waals surface area contributed by atoms with E-state index in [1.165, 1.54) is 16.2 Å². The van der Waals surface area contributed by atoms with Gasteiger partial charge in [0.05, 0.1) is 28.8 Å². The predicted octanol–water partition coefficient (Wildman–Crippen LogP) is 3.79. The number of nitrogens with zero attached hydrogens (tertiary/aromatic N) is 7. The lowest BCUT2D eigenvalue weighted by atomic mass is 10.2. The number of anilines is 1. The highest BCUT2D eigenvalue weighted by molar-refractivity contribution is 6.35. The Bertz CT molecular complexity index is 2160. The number of hydrogen-bond acceptors (Lipinski definition) is 7. The van der Waals surface area contributed by atoms with Crippen molar-refractivity contribution in [2.24, 2.45) is 14.1 Å². The van der Waals surface area contributed by atoms with Gasteiger partial charge in [-0.05, 0) is 51.1 Å².